The number of carboxylic acids is 1. The number of carbonyl (C=O) groups excluding carboxylic acids is 2. The number of nitrogens with zero attached hydrogens (tertiary/aromatic N) is 1. The number of ether oxygens (including phenoxy) is 3. The van der Waals surface area contributed by atoms with Crippen LogP contribution in [0.2, 0.25) is 0 Å². The van der Waals surface area contributed by atoms with Crippen LogP contribution in [0.4, 0.5) is 4.79 Å². The first kappa shape index (κ1) is 20.2. The highest BCUT2D eigenvalue weighted by atomic mass is 16.7. The van der Waals surface area contributed by atoms with Crippen LogP contribution in [-0.2, 0) is 23.8 Å². The van der Waals surface area contributed by atoms with Crippen molar-refractivity contribution >= 4 is 18.0 Å². The van der Waals surface area contributed by atoms with Crippen molar-refractivity contribution in [2.45, 2.75) is 57.9 Å². The highest BCUT2D eigenvalue weighted by Gasteiger charge is 2.43. The molecule has 1 aliphatic rings. The lowest BCUT2D eigenvalue weighted by Gasteiger charge is -2.42. The van der Waals surface area contributed by atoms with Crippen LogP contribution >= 0.6 is 0 Å². The van der Waals surface area contributed by atoms with Crippen molar-refractivity contribution in [3.05, 3.63) is 0 Å². The molecule has 0 bridgehead atoms. The Hall–Kier alpha value is -1.87. The van der Waals surface area contributed by atoms with Gasteiger partial charge in [-0.3, -0.25) is 9.69 Å². The maximum Gasteiger partial charge on any atom is 0.411 e. The largest absolute Gasteiger partial charge is 0.480 e. The average Bonchev–Trinajstić information content (AvgIpc) is 2.42. The second-order valence-electron chi connectivity index (χ2n) is 6.64. The third-order valence-corrected chi connectivity index (χ3v) is 3.38. The Bertz CT molecular complexity index is 475. The number of hydrogen-bond donors (Lipinski definition) is 2. The number of rotatable bonds is 5. The van der Waals surface area contributed by atoms with Gasteiger partial charge in [-0.25, -0.2) is 9.59 Å². The zero-order chi connectivity index (χ0) is 18.5. The summed E-state index contributed by atoms with van der Waals surface area (Å²) in [5, 5.41) is 12.1. The standard InChI is InChI=1S/C15H26N2O7/c1-9(18)16-10-7-17(14(21)24-15(2,3)4)11(13(19)20)6-12(10)23-8-22-5/h10-12H,6-8H2,1-5H3,(H,16,18)(H,19,20)/t10-,11+,12-/m0/s1. The number of piperidine rings is 1. The molecule has 1 heterocycles. The van der Waals surface area contributed by atoms with Gasteiger partial charge in [-0.1, -0.05) is 0 Å². The fraction of sp³-hybridized carbons (Fsp3) is 0.800. The number of amides is 2. The lowest BCUT2D eigenvalue weighted by molar-refractivity contribution is -0.153. The summed E-state index contributed by atoms with van der Waals surface area (Å²) in [6, 6.07) is -1.66. The molecule has 1 saturated heterocycles. The Morgan fingerprint density at radius 3 is 2.38 bits per heavy atom. The van der Waals surface area contributed by atoms with Crippen LogP contribution in [-0.4, -0.2) is 72.2 Å². The lowest BCUT2D eigenvalue weighted by atomic mass is 9.95. The summed E-state index contributed by atoms with van der Waals surface area (Å²) in [5.74, 6) is -1.46. The van der Waals surface area contributed by atoms with E-state index in [0.29, 0.717) is 0 Å². The molecular formula is C15H26N2O7. The van der Waals surface area contributed by atoms with Gasteiger partial charge in [0.15, 0.2) is 0 Å². The van der Waals surface area contributed by atoms with Crippen molar-refractivity contribution < 1.29 is 33.7 Å². The molecule has 0 unspecified atom stereocenters. The molecule has 2 amide bonds. The number of carbonyl (C=O) groups is 3. The van der Waals surface area contributed by atoms with Crippen molar-refractivity contribution in [2.75, 3.05) is 20.4 Å². The van der Waals surface area contributed by atoms with Gasteiger partial charge in [-0.15, -0.1) is 0 Å². The van der Waals surface area contributed by atoms with Crippen LogP contribution < -0.4 is 5.32 Å². The van der Waals surface area contributed by atoms with Gasteiger partial charge in [0, 0.05) is 27.0 Å². The van der Waals surface area contributed by atoms with Crippen LogP contribution in [0.15, 0.2) is 0 Å². The first-order valence-electron chi connectivity index (χ1n) is 7.65. The first-order chi connectivity index (χ1) is 11.0. The van der Waals surface area contributed by atoms with Crippen LogP contribution in [0.1, 0.15) is 34.1 Å². The molecule has 0 aromatic heterocycles. The van der Waals surface area contributed by atoms with Crippen molar-refractivity contribution in [3.63, 3.8) is 0 Å². The van der Waals surface area contributed by atoms with Crippen LogP contribution in [0.3, 0.4) is 0 Å². The highest BCUT2D eigenvalue weighted by Crippen LogP contribution is 2.23. The monoisotopic (exact) mass is 346 g/mol. The summed E-state index contributed by atoms with van der Waals surface area (Å²) in [5.41, 5.74) is -0.757. The molecule has 2 N–H and O–H groups in total. The number of methoxy groups -OCH3 is 1. The third kappa shape index (κ3) is 5.97. The van der Waals surface area contributed by atoms with E-state index in [4.69, 9.17) is 14.2 Å². The van der Waals surface area contributed by atoms with Gasteiger partial charge >= 0.3 is 12.1 Å². The molecule has 1 rings (SSSR count). The molecule has 1 aliphatic heterocycles. The zero-order valence-corrected chi connectivity index (χ0v) is 14.7. The number of hydrogen-bond acceptors (Lipinski definition) is 6. The van der Waals surface area contributed by atoms with Gasteiger partial charge in [0.2, 0.25) is 5.91 Å². The molecule has 0 radical (unpaired) electrons. The van der Waals surface area contributed by atoms with E-state index < -0.39 is 35.9 Å². The SMILES string of the molecule is COCO[C@H]1C[C@H](C(=O)O)N(C(=O)OC(C)(C)C)C[C@@H]1NC(C)=O. The van der Waals surface area contributed by atoms with Gasteiger partial charge in [0.25, 0.3) is 0 Å². The minimum Gasteiger partial charge on any atom is -0.480 e. The van der Waals surface area contributed by atoms with Gasteiger partial charge in [-0.2, -0.15) is 0 Å². The Morgan fingerprint density at radius 1 is 1.29 bits per heavy atom. The smallest absolute Gasteiger partial charge is 0.411 e. The quantitative estimate of drug-likeness (QED) is 0.700. The van der Waals surface area contributed by atoms with Gasteiger partial charge in [-0.05, 0) is 20.8 Å². The summed E-state index contributed by atoms with van der Waals surface area (Å²) in [6.45, 7) is 6.36. The second kappa shape index (κ2) is 8.29. The lowest BCUT2D eigenvalue weighted by Crippen LogP contribution is -2.62. The maximum absolute atomic E-state index is 12.3. The van der Waals surface area contributed by atoms with Crippen LogP contribution in [0, 0.1) is 0 Å². The molecule has 9 nitrogen and oxygen atoms in total. The van der Waals surface area contributed by atoms with Crippen LogP contribution in [0.5, 0.6) is 0 Å². The molecule has 0 aliphatic carbocycles. The normalized spacial score (nSPS) is 24.4. The van der Waals surface area contributed by atoms with Gasteiger partial charge in [0.1, 0.15) is 18.4 Å². The summed E-state index contributed by atoms with van der Waals surface area (Å²) >= 11 is 0. The van der Waals surface area contributed by atoms with Crippen molar-refractivity contribution in [2.24, 2.45) is 0 Å². The van der Waals surface area contributed by atoms with Gasteiger partial charge < -0.3 is 24.6 Å². The van der Waals surface area contributed by atoms with Crippen LogP contribution in [0.25, 0.3) is 0 Å². The number of likely N-dealkylation sites (tertiary alicyclic amines) is 1. The first-order valence-corrected chi connectivity index (χ1v) is 7.65. The Kier molecular flexibility index (Phi) is 6.97. The number of nitrogens with one attached hydrogen (secondary N) is 1. The summed E-state index contributed by atoms with van der Waals surface area (Å²) in [7, 11) is 1.44. The molecule has 9 heteroatoms. The summed E-state index contributed by atoms with van der Waals surface area (Å²) in [6.07, 6.45) is -1.31. The molecule has 3 atom stereocenters. The Balaban J connectivity index is 2.98. The van der Waals surface area contributed by atoms with E-state index in [0.717, 1.165) is 4.90 Å². The topological polar surface area (TPSA) is 114 Å². The fourth-order valence-corrected chi connectivity index (χ4v) is 2.46. The predicted octanol–water partition coefficient (Wildman–Crippen LogP) is 0.574. The number of carboxylic acid groups (broad SMARTS) is 1. The molecule has 0 aromatic rings. The zero-order valence-electron chi connectivity index (χ0n) is 14.7. The van der Waals surface area contributed by atoms with E-state index in [1.165, 1.54) is 14.0 Å². The summed E-state index contributed by atoms with van der Waals surface area (Å²) < 4.78 is 15.6. The second-order valence-corrected chi connectivity index (χ2v) is 6.64. The minimum absolute atomic E-state index is 0.0167. The van der Waals surface area contributed by atoms with E-state index in [-0.39, 0.29) is 25.7 Å². The number of aliphatic carboxylic acids is 1. The van der Waals surface area contributed by atoms with E-state index in [1.807, 2.05) is 0 Å². The van der Waals surface area contributed by atoms with E-state index in [9.17, 15) is 19.5 Å². The molecule has 0 saturated carbocycles. The van der Waals surface area contributed by atoms with E-state index in [2.05, 4.69) is 5.32 Å². The van der Waals surface area contributed by atoms with Crippen molar-refractivity contribution in [1.82, 2.24) is 10.2 Å². The Labute approximate surface area is 141 Å². The maximum atomic E-state index is 12.3. The minimum atomic E-state index is -1.16. The molecular weight excluding hydrogens is 320 g/mol. The third-order valence-electron chi connectivity index (χ3n) is 3.38. The van der Waals surface area contributed by atoms with E-state index in [1.54, 1.807) is 20.8 Å². The van der Waals surface area contributed by atoms with Crippen molar-refractivity contribution in [1.29, 1.82) is 0 Å². The highest BCUT2D eigenvalue weighted by molar-refractivity contribution is 5.81. The summed E-state index contributed by atoms with van der Waals surface area (Å²) in [4.78, 5) is 36.4. The van der Waals surface area contributed by atoms with Gasteiger partial charge in [0.05, 0.1) is 12.1 Å². The molecule has 24 heavy (non-hydrogen) atoms. The predicted molar refractivity (Wildman–Crippen MR) is 83.3 cm³/mol. The average molecular weight is 346 g/mol. The molecule has 138 valence electrons. The molecule has 0 aromatic carbocycles. The Morgan fingerprint density at radius 2 is 1.92 bits per heavy atom. The van der Waals surface area contributed by atoms with E-state index >= 15 is 0 Å². The fourth-order valence-electron chi connectivity index (χ4n) is 2.46. The molecule has 1 fully saturated rings. The van der Waals surface area contributed by atoms with Crippen molar-refractivity contribution in [3.8, 4) is 0 Å². The molecule has 0 spiro atoms.